The van der Waals surface area contributed by atoms with Gasteiger partial charge in [0.25, 0.3) is 0 Å². The topological polar surface area (TPSA) is 34.1 Å². The van der Waals surface area contributed by atoms with Gasteiger partial charge in [0.1, 0.15) is 12.4 Å². The number of hydrogen-bond acceptors (Lipinski definition) is 3. The minimum atomic E-state index is 0.316. The third-order valence-electron chi connectivity index (χ3n) is 3.16. The molecule has 1 atom stereocenters. The highest BCUT2D eigenvalue weighted by Gasteiger charge is 2.22. The van der Waals surface area contributed by atoms with Crippen molar-refractivity contribution in [1.29, 1.82) is 0 Å². The molecule has 1 N–H and O–H groups in total. The number of rotatable bonds is 2. The molecule has 0 aliphatic carbocycles. The highest BCUT2D eigenvalue weighted by Crippen LogP contribution is 2.35. The molecule has 0 spiro atoms. The molecule has 1 aromatic heterocycles. The summed E-state index contributed by atoms with van der Waals surface area (Å²) in [5.41, 5.74) is 3.58. The van der Waals surface area contributed by atoms with Crippen molar-refractivity contribution in [1.82, 2.24) is 10.3 Å². The molecule has 2 heterocycles. The van der Waals surface area contributed by atoms with Crippen LogP contribution in [0.25, 0.3) is 11.1 Å². The molecule has 0 fully saturated rings. The van der Waals surface area contributed by atoms with E-state index in [9.17, 15) is 0 Å². The molecule has 1 aliphatic rings. The highest BCUT2D eigenvalue weighted by molar-refractivity contribution is 5.66. The van der Waals surface area contributed by atoms with Crippen LogP contribution in [0.4, 0.5) is 0 Å². The summed E-state index contributed by atoms with van der Waals surface area (Å²) in [5.74, 6) is 0.985. The third-order valence-corrected chi connectivity index (χ3v) is 3.16. The average Bonchev–Trinajstić information content (AvgIpc) is 2.81. The smallest absolute Gasteiger partial charge is 0.124 e. The molecule has 1 aromatic carbocycles. The van der Waals surface area contributed by atoms with E-state index in [0.29, 0.717) is 12.6 Å². The predicted molar refractivity (Wildman–Crippen MR) is 67.0 cm³/mol. The first kappa shape index (κ1) is 10.3. The second-order valence-corrected chi connectivity index (χ2v) is 4.14. The molecule has 3 nitrogen and oxygen atoms in total. The Balaban J connectivity index is 2.01. The number of benzene rings is 1. The van der Waals surface area contributed by atoms with Crippen LogP contribution in [0.5, 0.6) is 5.75 Å². The van der Waals surface area contributed by atoms with Crippen molar-refractivity contribution in [2.24, 2.45) is 0 Å². The normalized spacial score (nSPS) is 17.6. The van der Waals surface area contributed by atoms with Gasteiger partial charge in [-0.3, -0.25) is 4.98 Å². The van der Waals surface area contributed by atoms with Crippen LogP contribution >= 0.6 is 0 Å². The molecule has 86 valence electrons. The van der Waals surface area contributed by atoms with E-state index in [0.717, 1.165) is 5.75 Å². The van der Waals surface area contributed by atoms with E-state index in [1.807, 2.05) is 19.2 Å². The molecule has 2 aromatic rings. The van der Waals surface area contributed by atoms with E-state index in [4.69, 9.17) is 4.74 Å². The minimum Gasteiger partial charge on any atom is -0.491 e. The molecule has 0 radical (unpaired) electrons. The van der Waals surface area contributed by atoms with Crippen LogP contribution in [0.2, 0.25) is 0 Å². The molecule has 17 heavy (non-hydrogen) atoms. The zero-order chi connectivity index (χ0) is 11.7. The molecule has 0 saturated carbocycles. The fourth-order valence-corrected chi connectivity index (χ4v) is 2.17. The lowest BCUT2D eigenvalue weighted by Crippen LogP contribution is -2.16. The lowest BCUT2D eigenvalue weighted by molar-refractivity contribution is 0.318. The SMILES string of the molecule is CNC1COc2cc(-c3ccncc3)ccc21. The summed E-state index contributed by atoms with van der Waals surface area (Å²) in [7, 11) is 1.96. The Kier molecular flexibility index (Phi) is 2.53. The molecule has 3 rings (SSSR count). The van der Waals surface area contributed by atoms with E-state index < -0.39 is 0 Å². The molecule has 1 unspecified atom stereocenters. The number of likely N-dealkylation sites (N-methyl/N-ethyl adjacent to an activating group) is 1. The Morgan fingerprint density at radius 2 is 2.00 bits per heavy atom. The Labute approximate surface area is 100 Å². The first-order valence-electron chi connectivity index (χ1n) is 5.73. The molecule has 0 bridgehead atoms. The zero-order valence-electron chi connectivity index (χ0n) is 9.68. The van der Waals surface area contributed by atoms with Crippen molar-refractivity contribution >= 4 is 0 Å². The van der Waals surface area contributed by atoms with Crippen LogP contribution in [0.1, 0.15) is 11.6 Å². The van der Waals surface area contributed by atoms with Gasteiger partial charge in [0, 0.05) is 18.0 Å². The lowest BCUT2D eigenvalue weighted by Gasteiger charge is -2.07. The molecular formula is C14H14N2O. The van der Waals surface area contributed by atoms with E-state index in [1.165, 1.54) is 16.7 Å². The Hall–Kier alpha value is -1.87. The fraction of sp³-hybridized carbons (Fsp3) is 0.214. The van der Waals surface area contributed by atoms with E-state index in [-0.39, 0.29) is 0 Å². The third kappa shape index (κ3) is 1.78. The van der Waals surface area contributed by atoms with Crippen molar-refractivity contribution in [3.05, 3.63) is 48.3 Å². The molecule has 0 amide bonds. The van der Waals surface area contributed by atoms with Gasteiger partial charge in [-0.25, -0.2) is 0 Å². The summed E-state index contributed by atoms with van der Waals surface area (Å²) in [5, 5.41) is 3.24. The maximum atomic E-state index is 5.69. The number of fused-ring (bicyclic) bond motifs is 1. The number of aromatic nitrogens is 1. The monoisotopic (exact) mass is 226 g/mol. The van der Waals surface area contributed by atoms with Crippen molar-refractivity contribution in [3.8, 4) is 16.9 Å². The Morgan fingerprint density at radius 3 is 2.76 bits per heavy atom. The van der Waals surface area contributed by atoms with Crippen LogP contribution in [0.3, 0.4) is 0 Å². The van der Waals surface area contributed by atoms with Crippen molar-refractivity contribution in [2.45, 2.75) is 6.04 Å². The summed E-state index contributed by atoms with van der Waals surface area (Å²) in [6, 6.07) is 10.7. The minimum absolute atomic E-state index is 0.316. The average molecular weight is 226 g/mol. The highest BCUT2D eigenvalue weighted by atomic mass is 16.5. The second kappa shape index (κ2) is 4.18. The number of hydrogen-bond donors (Lipinski definition) is 1. The van der Waals surface area contributed by atoms with Gasteiger partial charge in [0.2, 0.25) is 0 Å². The summed E-state index contributed by atoms with van der Waals surface area (Å²) < 4.78 is 5.69. The summed E-state index contributed by atoms with van der Waals surface area (Å²) >= 11 is 0. The second-order valence-electron chi connectivity index (χ2n) is 4.14. The van der Waals surface area contributed by atoms with Crippen molar-refractivity contribution in [3.63, 3.8) is 0 Å². The van der Waals surface area contributed by atoms with Crippen LogP contribution in [0, 0.1) is 0 Å². The quantitative estimate of drug-likeness (QED) is 0.853. The van der Waals surface area contributed by atoms with Gasteiger partial charge < -0.3 is 10.1 Å². The van der Waals surface area contributed by atoms with E-state index in [2.05, 4.69) is 28.5 Å². The maximum absolute atomic E-state index is 5.69. The molecule has 3 heteroatoms. The summed E-state index contributed by atoms with van der Waals surface area (Å²) in [4.78, 5) is 4.03. The number of nitrogens with one attached hydrogen (secondary N) is 1. The van der Waals surface area contributed by atoms with Crippen molar-refractivity contribution < 1.29 is 4.74 Å². The fourth-order valence-electron chi connectivity index (χ4n) is 2.17. The number of nitrogens with zero attached hydrogens (tertiary/aromatic N) is 1. The summed E-state index contributed by atoms with van der Waals surface area (Å²) in [6.07, 6.45) is 3.61. The first-order chi connectivity index (χ1) is 8.38. The molecule has 1 aliphatic heterocycles. The lowest BCUT2D eigenvalue weighted by atomic mass is 10.0. The first-order valence-corrected chi connectivity index (χ1v) is 5.73. The van der Waals surface area contributed by atoms with Gasteiger partial charge in [-0.15, -0.1) is 0 Å². The predicted octanol–water partition coefficient (Wildman–Crippen LogP) is 2.40. The number of pyridine rings is 1. The van der Waals surface area contributed by atoms with Gasteiger partial charge in [-0.05, 0) is 36.4 Å². The van der Waals surface area contributed by atoms with Gasteiger partial charge in [0.15, 0.2) is 0 Å². The molecular weight excluding hydrogens is 212 g/mol. The standard InChI is InChI=1S/C14H14N2O/c1-15-13-9-17-14-8-11(2-3-12(13)14)10-4-6-16-7-5-10/h2-8,13,15H,9H2,1H3. The van der Waals surface area contributed by atoms with E-state index in [1.54, 1.807) is 12.4 Å². The Bertz CT molecular complexity index is 525. The van der Waals surface area contributed by atoms with Crippen LogP contribution in [0.15, 0.2) is 42.7 Å². The van der Waals surface area contributed by atoms with Crippen molar-refractivity contribution in [2.75, 3.05) is 13.7 Å². The van der Waals surface area contributed by atoms with Gasteiger partial charge >= 0.3 is 0 Å². The van der Waals surface area contributed by atoms with Gasteiger partial charge in [-0.1, -0.05) is 12.1 Å². The summed E-state index contributed by atoms with van der Waals surface area (Å²) in [6.45, 7) is 0.714. The van der Waals surface area contributed by atoms with Gasteiger partial charge in [-0.2, -0.15) is 0 Å². The zero-order valence-corrected chi connectivity index (χ0v) is 9.68. The van der Waals surface area contributed by atoms with E-state index >= 15 is 0 Å². The molecule has 0 saturated heterocycles. The number of ether oxygens (including phenoxy) is 1. The maximum Gasteiger partial charge on any atom is 0.124 e. The van der Waals surface area contributed by atoms with Gasteiger partial charge in [0.05, 0.1) is 6.04 Å². The van der Waals surface area contributed by atoms with Crippen LogP contribution in [-0.2, 0) is 0 Å². The van der Waals surface area contributed by atoms with Crippen LogP contribution < -0.4 is 10.1 Å². The largest absolute Gasteiger partial charge is 0.491 e. The Morgan fingerprint density at radius 1 is 1.18 bits per heavy atom. The van der Waals surface area contributed by atoms with Crippen LogP contribution in [-0.4, -0.2) is 18.6 Å².